The fourth-order valence-corrected chi connectivity index (χ4v) is 2.33. The average Bonchev–Trinajstić information content (AvgIpc) is 2.62. The van der Waals surface area contributed by atoms with Crippen LogP contribution in [0.4, 0.5) is 10.2 Å². The van der Waals surface area contributed by atoms with Gasteiger partial charge in [0.05, 0.1) is 0 Å². The molecule has 2 rings (SSSR count). The van der Waals surface area contributed by atoms with Gasteiger partial charge in [-0.25, -0.2) is 9.37 Å². The minimum absolute atomic E-state index is 0.229. The molecule has 0 amide bonds. The highest BCUT2D eigenvalue weighted by Crippen LogP contribution is 2.17. The first kappa shape index (κ1) is 13.2. The van der Waals surface area contributed by atoms with Crippen LogP contribution in [0.15, 0.2) is 18.3 Å². The first-order chi connectivity index (χ1) is 8.81. The van der Waals surface area contributed by atoms with Gasteiger partial charge in [-0.2, -0.15) is 0 Å². The van der Waals surface area contributed by atoms with Gasteiger partial charge in [-0.3, -0.25) is 0 Å². The zero-order valence-corrected chi connectivity index (χ0v) is 10.7. The van der Waals surface area contributed by atoms with Crippen molar-refractivity contribution in [3.8, 4) is 0 Å². The van der Waals surface area contributed by atoms with Crippen molar-refractivity contribution in [1.29, 1.82) is 0 Å². The quantitative estimate of drug-likeness (QED) is 0.871. The molecule has 1 saturated heterocycles. The number of rotatable bonds is 4. The van der Waals surface area contributed by atoms with Gasteiger partial charge in [-0.1, -0.05) is 0 Å². The van der Waals surface area contributed by atoms with Crippen LogP contribution < -0.4 is 10.6 Å². The molecule has 1 aliphatic rings. The number of anilines is 1. The maximum atomic E-state index is 13.7. The molecule has 0 radical (unpaired) electrons. The highest BCUT2D eigenvalue weighted by atomic mass is 19.1. The molecule has 1 aromatic heterocycles. The molecule has 2 N–H and O–H groups in total. The van der Waals surface area contributed by atoms with E-state index in [1.54, 1.807) is 12.3 Å². The van der Waals surface area contributed by atoms with Crippen LogP contribution >= 0.6 is 0 Å². The summed E-state index contributed by atoms with van der Waals surface area (Å²) in [5, 5.41) is 0. The fraction of sp³-hybridized carbons (Fsp3) is 0.615. The van der Waals surface area contributed by atoms with Gasteiger partial charge in [0.15, 0.2) is 11.6 Å². The van der Waals surface area contributed by atoms with Gasteiger partial charge in [-0.05, 0) is 44.6 Å². The monoisotopic (exact) mass is 252 g/mol. The maximum Gasteiger partial charge on any atom is 0.165 e. The Morgan fingerprint density at radius 3 is 2.94 bits per heavy atom. The summed E-state index contributed by atoms with van der Waals surface area (Å²) in [5.41, 5.74) is 5.53. The van der Waals surface area contributed by atoms with Crippen molar-refractivity contribution < 1.29 is 4.39 Å². The topological polar surface area (TPSA) is 45.4 Å². The third kappa shape index (κ3) is 3.40. The number of halogens is 1. The number of nitrogens with two attached hydrogens (primary N) is 1. The number of pyridine rings is 1. The molecule has 0 unspecified atom stereocenters. The first-order valence-electron chi connectivity index (χ1n) is 6.59. The van der Waals surface area contributed by atoms with E-state index in [2.05, 4.69) is 9.88 Å². The molecule has 4 nitrogen and oxygen atoms in total. The second-order valence-electron chi connectivity index (χ2n) is 4.63. The summed E-state index contributed by atoms with van der Waals surface area (Å²) >= 11 is 0. The second kappa shape index (κ2) is 6.66. The molecule has 1 aromatic rings. The van der Waals surface area contributed by atoms with E-state index >= 15 is 0 Å². The van der Waals surface area contributed by atoms with Crippen molar-refractivity contribution in [3.63, 3.8) is 0 Å². The number of aromatic nitrogens is 1. The van der Waals surface area contributed by atoms with Gasteiger partial charge >= 0.3 is 0 Å². The molecule has 1 fully saturated rings. The van der Waals surface area contributed by atoms with E-state index in [-0.39, 0.29) is 5.82 Å². The highest BCUT2D eigenvalue weighted by molar-refractivity contribution is 5.39. The summed E-state index contributed by atoms with van der Waals surface area (Å²) in [5.74, 6) is 0.256. The Morgan fingerprint density at radius 1 is 1.28 bits per heavy atom. The van der Waals surface area contributed by atoms with E-state index in [4.69, 9.17) is 5.73 Å². The van der Waals surface area contributed by atoms with Crippen LogP contribution in [-0.4, -0.2) is 49.2 Å². The maximum absolute atomic E-state index is 13.7. The Kier molecular flexibility index (Phi) is 4.90. The Labute approximate surface area is 108 Å². The SMILES string of the molecule is NCCCN1CCCN(c2ncccc2F)CC1. The summed E-state index contributed by atoms with van der Waals surface area (Å²) in [6, 6.07) is 3.10. The molecule has 0 atom stereocenters. The molecule has 0 aromatic carbocycles. The minimum atomic E-state index is -0.229. The summed E-state index contributed by atoms with van der Waals surface area (Å²) < 4.78 is 13.7. The lowest BCUT2D eigenvalue weighted by molar-refractivity contribution is 0.291. The predicted octanol–water partition coefficient (Wildman–Crippen LogP) is 1.08. The average molecular weight is 252 g/mol. The standard InChI is InChI=1S/C13H21FN4/c14-12-4-1-6-16-13(12)18-9-3-8-17(10-11-18)7-2-5-15/h1,4,6H,2-3,5,7-11,15H2. The van der Waals surface area contributed by atoms with Crippen LogP contribution in [0.2, 0.25) is 0 Å². The molecule has 0 spiro atoms. The summed E-state index contributed by atoms with van der Waals surface area (Å²) in [7, 11) is 0. The Hall–Kier alpha value is -1.20. The molecule has 100 valence electrons. The Morgan fingerprint density at radius 2 is 2.17 bits per heavy atom. The van der Waals surface area contributed by atoms with Crippen LogP contribution in [0.5, 0.6) is 0 Å². The lowest BCUT2D eigenvalue weighted by Gasteiger charge is -2.22. The second-order valence-corrected chi connectivity index (χ2v) is 4.63. The van der Waals surface area contributed by atoms with Crippen LogP contribution in [0.25, 0.3) is 0 Å². The van der Waals surface area contributed by atoms with E-state index in [1.165, 1.54) is 6.07 Å². The summed E-state index contributed by atoms with van der Waals surface area (Å²) in [4.78, 5) is 8.58. The normalized spacial score (nSPS) is 17.8. The molecule has 0 saturated carbocycles. The van der Waals surface area contributed by atoms with E-state index in [0.717, 1.165) is 52.1 Å². The molecule has 0 aliphatic carbocycles. The van der Waals surface area contributed by atoms with Crippen molar-refractivity contribution in [2.45, 2.75) is 12.8 Å². The van der Waals surface area contributed by atoms with Crippen molar-refractivity contribution in [1.82, 2.24) is 9.88 Å². The van der Waals surface area contributed by atoms with E-state index in [9.17, 15) is 4.39 Å². The van der Waals surface area contributed by atoms with Gasteiger partial charge in [-0.15, -0.1) is 0 Å². The molecular weight excluding hydrogens is 231 g/mol. The molecular formula is C13H21FN4. The fourth-order valence-electron chi connectivity index (χ4n) is 2.33. The van der Waals surface area contributed by atoms with Crippen molar-refractivity contribution in [2.75, 3.05) is 44.2 Å². The molecule has 1 aliphatic heterocycles. The third-order valence-corrected chi connectivity index (χ3v) is 3.31. The van der Waals surface area contributed by atoms with Gasteiger partial charge in [0.1, 0.15) is 0 Å². The third-order valence-electron chi connectivity index (χ3n) is 3.31. The number of hydrogen-bond donors (Lipinski definition) is 1. The van der Waals surface area contributed by atoms with Gasteiger partial charge in [0.25, 0.3) is 0 Å². The zero-order valence-electron chi connectivity index (χ0n) is 10.7. The smallest absolute Gasteiger partial charge is 0.165 e. The van der Waals surface area contributed by atoms with E-state index < -0.39 is 0 Å². The largest absolute Gasteiger partial charge is 0.353 e. The molecule has 18 heavy (non-hydrogen) atoms. The number of nitrogens with zero attached hydrogens (tertiary/aromatic N) is 3. The van der Waals surface area contributed by atoms with Crippen LogP contribution in [0, 0.1) is 5.82 Å². The van der Waals surface area contributed by atoms with E-state index in [0.29, 0.717) is 5.82 Å². The highest BCUT2D eigenvalue weighted by Gasteiger charge is 2.17. The van der Waals surface area contributed by atoms with E-state index in [1.807, 2.05) is 4.90 Å². The Balaban J connectivity index is 1.95. The lowest BCUT2D eigenvalue weighted by Crippen LogP contribution is -2.32. The van der Waals surface area contributed by atoms with Crippen molar-refractivity contribution >= 4 is 5.82 Å². The molecule has 2 heterocycles. The minimum Gasteiger partial charge on any atom is -0.353 e. The Bertz CT molecular complexity index is 372. The van der Waals surface area contributed by atoms with Gasteiger partial charge < -0.3 is 15.5 Å². The van der Waals surface area contributed by atoms with Crippen LogP contribution in [-0.2, 0) is 0 Å². The summed E-state index contributed by atoms with van der Waals surface area (Å²) in [6.45, 7) is 5.48. The summed E-state index contributed by atoms with van der Waals surface area (Å²) in [6.07, 6.45) is 3.72. The lowest BCUT2D eigenvalue weighted by atomic mass is 10.3. The van der Waals surface area contributed by atoms with Crippen molar-refractivity contribution in [2.24, 2.45) is 5.73 Å². The predicted molar refractivity (Wildman–Crippen MR) is 71.1 cm³/mol. The molecule has 5 heteroatoms. The van der Waals surface area contributed by atoms with Crippen LogP contribution in [0.3, 0.4) is 0 Å². The first-order valence-corrected chi connectivity index (χ1v) is 6.59. The molecule has 0 bridgehead atoms. The number of hydrogen-bond acceptors (Lipinski definition) is 4. The van der Waals surface area contributed by atoms with Crippen LogP contribution in [0.1, 0.15) is 12.8 Å². The van der Waals surface area contributed by atoms with Gasteiger partial charge in [0.2, 0.25) is 0 Å². The zero-order chi connectivity index (χ0) is 12.8. The van der Waals surface area contributed by atoms with Gasteiger partial charge in [0, 0.05) is 25.8 Å². The van der Waals surface area contributed by atoms with Crippen molar-refractivity contribution in [3.05, 3.63) is 24.1 Å².